The number of rotatable bonds is 1. The molecule has 1 saturated carbocycles. The lowest BCUT2D eigenvalue weighted by Gasteiger charge is -2.38. The summed E-state index contributed by atoms with van der Waals surface area (Å²) in [7, 11) is 0. The van der Waals surface area contributed by atoms with Gasteiger partial charge in [-0.3, -0.25) is 0 Å². The van der Waals surface area contributed by atoms with E-state index in [0.717, 1.165) is 12.6 Å². The van der Waals surface area contributed by atoms with Crippen molar-refractivity contribution in [1.29, 1.82) is 0 Å². The molecule has 80 valence electrons. The highest BCUT2D eigenvalue weighted by Gasteiger charge is 2.35. The molecule has 3 rings (SSSR count). The molecule has 1 aliphatic heterocycles. The van der Waals surface area contributed by atoms with Crippen LogP contribution in [-0.2, 0) is 0 Å². The Balaban J connectivity index is 2.05. The van der Waals surface area contributed by atoms with Gasteiger partial charge in [0.1, 0.15) is 0 Å². The van der Waals surface area contributed by atoms with Crippen LogP contribution in [0.1, 0.15) is 19.8 Å². The largest absolute Gasteiger partial charge is 0.381 e. The van der Waals surface area contributed by atoms with Crippen molar-refractivity contribution in [3.8, 4) is 0 Å². The molecule has 2 nitrogen and oxygen atoms in total. The fourth-order valence-electron chi connectivity index (χ4n) is 2.37. The summed E-state index contributed by atoms with van der Waals surface area (Å²) in [4.78, 5) is 2.58. The van der Waals surface area contributed by atoms with Gasteiger partial charge in [-0.2, -0.15) is 0 Å². The average molecular weight is 267 g/mol. The number of hydrogen-bond acceptors (Lipinski definition) is 2. The fourth-order valence-corrected chi connectivity index (χ4v) is 2.72. The lowest BCUT2D eigenvalue weighted by atomic mass is 10.1. The third-order valence-electron chi connectivity index (χ3n) is 3.24. The minimum atomic E-state index is 0.610. The number of nitrogens with one attached hydrogen (secondary N) is 1. The van der Waals surface area contributed by atoms with Crippen molar-refractivity contribution in [2.24, 2.45) is 0 Å². The molecule has 1 aromatic carbocycles. The van der Waals surface area contributed by atoms with E-state index in [4.69, 9.17) is 0 Å². The Morgan fingerprint density at radius 2 is 2.20 bits per heavy atom. The molecule has 0 aromatic heterocycles. The van der Waals surface area contributed by atoms with Gasteiger partial charge in [-0.1, -0.05) is 15.9 Å². The second kappa shape index (κ2) is 3.41. The van der Waals surface area contributed by atoms with Gasteiger partial charge in [-0.15, -0.1) is 0 Å². The number of nitrogens with zero attached hydrogens (tertiary/aromatic N) is 1. The minimum Gasteiger partial charge on any atom is -0.381 e. The summed E-state index contributed by atoms with van der Waals surface area (Å²) in [6, 6.07) is 7.90. The second-order valence-corrected chi connectivity index (χ2v) is 5.45. The first-order valence-corrected chi connectivity index (χ1v) is 6.37. The van der Waals surface area contributed by atoms with Crippen molar-refractivity contribution in [2.45, 2.75) is 31.8 Å². The maximum atomic E-state index is 3.55. The number of benzene rings is 1. The molecule has 0 spiro atoms. The average Bonchev–Trinajstić information content (AvgIpc) is 3.01. The van der Waals surface area contributed by atoms with E-state index in [1.165, 1.54) is 28.7 Å². The number of hydrogen-bond donors (Lipinski definition) is 1. The van der Waals surface area contributed by atoms with Crippen LogP contribution in [0.5, 0.6) is 0 Å². The van der Waals surface area contributed by atoms with E-state index in [0.29, 0.717) is 6.04 Å². The molecule has 0 amide bonds. The highest BCUT2D eigenvalue weighted by atomic mass is 79.9. The smallest absolute Gasteiger partial charge is 0.0618 e. The van der Waals surface area contributed by atoms with Crippen LogP contribution in [0.2, 0.25) is 0 Å². The third kappa shape index (κ3) is 1.63. The second-order valence-electron chi connectivity index (χ2n) is 4.53. The first kappa shape index (κ1) is 9.52. The van der Waals surface area contributed by atoms with Gasteiger partial charge < -0.3 is 10.2 Å². The predicted octanol–water partition coefficient (Wildman–Crippen LogP) is 3.23. The van der Waals surface area contributed by atoms with Crippen LogP contribution in [0.3, 0.4) is 0 Å². The van der Waals surface area contributed by atoms with E-state index < -0.39 is 0 Å². The van der Waals surface area contributed by atoms with Crippen LogP contribution in [0, 0.1) is 0 Å². The molecule has 0 bridgehead atoms. The van der Waals surface area contributed by atoms with Crippen LogP contribution in [0.4, 0.5) is 11.4 Å². The predicted molar refractivity (Wildman–Crippen MR) is 67.6 cm³/mol. The Labute approximate surface area is 98.8 Å². The van der Waals surface area contributed by atoms with Gasteiger partial charge in [-0.05, 0) is 38.0 Å². The molecule has 0 saturated heterocycles. The van der Waals surface area contributed by atoms with Crippen LogP contribution < -0.4 is 10.2 Å². The van der Waals surface area contributed by atoms with Gasteiger partial charge in [0.15, 0.2) is 0 Å². The fraction of sp³-hybridized carbons (Fsp3) is 0.500. The highest BCUT2D eigenvalue weighted by Crippen LogP contribution is 2.40. The summed E-state index contributed by atoms with van der Waals surface area (Å²) >= 11 is 3.55. The van der Waals surface area contributed by atoms with Crippen LogP contribution in [0.25, 0.3) is 0 Å². The molecule has 0 radical (unpaired) electrons. The van der Waals surface area contributed by atoms with Gasteiger partial charge in [0, 0.05) is 23.1 Å². The van der Waals surface area contributed by atoms with E-state index in [2.05, 4.69) is 51.3 Å². The maximum Gasteiger partial charge on any atom is 0.0618 e. The van der Waals surface area contributed by atoms with Crippen LogP contribution >= 0.6 is 15.9 Å². The van der Waals surface area contributed by atoms with Gasteiger partial charge >= 0.3 is 0 Å². The highest BCUT2D eigenvalue weighted by molar-refractivity contribution is 9.10. The first-order chi connectivity index (χ1) is 7.25. The number of fused-ring (bicyclic) bond motifs is 1. The summed E-state index contributed by atoms with van der Waals surface area (Å²) in [6.45, 7) is 3.36. The number of anilines is 2. The lowest BCUT2D eigenvalue weighted by Crippen LogP contribution is -2.43. The van der Waals surface area contributed by atoms with Crippen molar-refractivity contribution >= 4 is 27.3 Å². The zero-order chi connectivity index (χ0) is 10.4. The van der Waals surface area contributed by atoms with E-state index in [-0.39, 0.29) is 0 Å². The zero-order valence-corrected chi connectivity index (χ0v) is 10.4. The SMILES string of the molecule is CC1CNc2ccc(Br)cc2N1C1CC1. The Hall–Kier alpha value is -0.700. The lowest BCUT2D eigenvalue weighted by molar-refractivity contribution is 0.638. The topological polar surface area (TPSA) is 15.3 Å². The van der Waals surface area contributed by atoms with Gasteiger partial charge in [0.25, 0.3) is 0 Å². The third-order valence-corrected chi connectivity index (χ3v) is 3.73. The number of halogens is 1. The molecule has 1 N–H and O–H groups in total. The molecular formula is C12H15BrN2. The first-order valence-electron chi connectivity index (χ1n) is 5.57. The van der Waals surface area contributed by atoms with Crippen molar-refractivity contribution in [3.63, 3.8) is 0 Å². The van der Waals surface area contributed by atoms with Crippen LogP contribution in [0.15, 0.2) is 22.7 Å². The van der Waals surface area contributed by atoms with E-state index in [1.807, 2.05) is 0 Å². The molecule has 1 fully saturated rings. The Kier molecular flexibility index (Phi) is 2.16. The maximum absolute atomic E-state index is 3.55. The molecule has 1 heterocycles. The van der Waals surface area contributed by atoms with Crippen molar-refractivity contribution in [3.05, 3.63) is 22.7 Å². The Bertz CT molecular complexity index is 387. The molecule has 1 atom stereocenters. The molecule has 15 heavy (non-hydrogen) atoms. The van der Waals surface area contributed by atoms with Gasteiger partial charge in [0.2, 0.25) is 0 Å². The van der Waals surface area contributed by atoms with Crippen molar-refractivity contribution in [1.82, 2.24) is 0 Å². The molecule has 2 aliphatic rings. The monoisotopic (exact) mass is 266 g/mol. The molecule has 3 heteroatoms. The minimum absolute atomic E-state index is 0.610. The summed E-state index contributed by atoms with van der Waals surface area (Å²) < 4.78 is 1.17. The van der Waals surface area contributed by atoms with Crippen molar-refractivity contribution < 1.29 is 0 Å². The molecule has 1 aliphatic carbocycles. The standard InChI is InChI=1S/C12H15BrN2/c1-8-7-14-11-5-2-9(13)6-12(11)15(8)10-3-4-10/h2,5-6,8,10,14H,3-4,7H2,1H3. The normalized spacial score (nSPS) is 24.7. The summed E-state index contributed by atoms with van der Waals surface area (Å²) in [5, 5.41) is 3.49. The van der Waals surface area contributed by atoms with Gasteiger partial charge in [0.05, 0.1) is 11.4 Å². The summed E-state index contributed by atoms with van der Waals surface area (Å²) in [5.74, 6) is 0. The van der Waals surface area contributed by atoms with Crippen LogP contribution in [-0.4, -0.2) is 18.6 Å². The van der Waals surface area contributed by atoms with E-state index in [1.54, 1.807) is 0 Å². The molecule has 1 aromatic rings. The summed E-state index contributed by atoms with van der Waals surface area (Å²) in [5.41, 5.74) is 2.65. The molecule has 1 unspecified atom stereocenters. The molecular weight excluding hydrogens is 252 g/mol. The van der Waals surface area contributed by atoms with E-state index in [9.17, 15) is 0 Å². The van der Waals surface area contributed by atoms with Crippen molar-refractivity contribution in [2.75, 3.05) is 16.8 Å². The van der Waals surface area contributed by atoms with E-state index >= 15 is 0 Å². The quantitative estimate of drug-likeness (QED) is 0.840. The summed E-state index contributed by atoms with van der Waals surface area (Å²) in [6.07, 6.45) is 2.71. The Morgan fingerprint density at radius 3 is 2.93 bits per heavy atom. The Morgan fingerprint density at radius 1 is 1.40 bits per heavy atom. The van der Waals surface area contributed by atoms with Gasteiger partial charge in [-0.25, -0.2) is 0 Å². The zero-order valence-electron chi connectivity index (χ0n) is 8.83.